The molecule has 0 aromatic heterocycles. The fraction of sp³-hybridized carbons (Fsp3) is 0.429. The molecule has 0 spiro atoms. The van der Waals surface area contributed by atoms with E-state index in [1.165, 1.54) is 4.90 Å². The highest BCUT2D eigenvalue weighted by Crippen LogP contribution is 2.40. The van der Waals surface area contributed by atoms with Crippen molar-refractivity contribution in [1.82, 2.24) is 9.80 Å². The zero-order valence-corrected chi connectivity index (χ0v) is 20.3. The first-order valence-electron chi connectivity index (χ1n) is 12.6. The molecule has 1 saturated carbocycles. The zero-order chi connectivity index (χ0) is 25.4. The second kappa shape index (κ2) is 9.76. The minimum absolute atomic E-state index is 0.150. The van der Waals surface area contributed by atoms with Crippen molar-refractivity contribution in [2.24, 2.45) is 11.8 Å². The summed E-state index contributed by atoms with van der Waals surface area (Å²) < 4.78 is 5.58. The lowest BCUT2D eigenvalue weighted by atomic mass is 9.77. The molecule has 0 unspecified atom stereocenters. The molecule has 2 heterocycles. The molecule has 1 N–H and O–H groups in total. The van der Waals surface area contributed by atoms with Crippen LogP contribution in [0.15, 0.2) is 42.5 Å². The van der Waals surface area contributed by atoms with Crippen LogP contribution in [0.4, 0.5) is 0 Å². The number of hydrogen-bond acceptors (Lipinski definition) is 5. The van der Waals surface area contributed by atoms with Crippen LogP contribution in [-0.2, 0) is 16.0 Å². The number of ether oxygens (including phenoxy) is 1. The van der Waals surface area contributed by atoms with Gasteiger partial charge in [0.1, 0.15) is 5.75 Å². The number of methoxy groups -OCH3 is 1. The fourth-order valence-corrected chi connectivity index (χ4v) is 6.11. The molecule has 3 aliphatic rings. The molecule has 8 heteroatoms. The van der Waals surface area contributed by atoms with Crippen LogP contribution in [0.5, 0.6) is 5.75 Å². The number of benzene rings is 2. The summed E-state index contributed by atoms with van der Waals surface area (Å²) in [6, 6.07) is 12.1. The number of imide groups is 1. The van der Waals surface area contributed by atoms with E-state index in [1.807, 2.05) is 18.2 Å². The summed E-state index contributed by atoms with van der Waals surface area (Å²) in [4.78, 5) is 54.7. The Labute approximate surface area is 209 Å². The summed E-state index contributed by atoms with van der Waals surface area (Å²) in [5.41, 5.74) is 2.73. The van der Waals surface area contributed by atoms with Gasteiger partial charge in [-0.1, -0.05) is 37.1 Å². The van der Waals surface area contributed by atoms with E-state index < -0.39 is 23.8 Å². The average molecular weight is 491 g/mol. The summed E-state index contributed by atoms with van der Waals surface area (Å²) in [6.07, 6.45) is 3.66. The van der Waals surface area contributed by atoms with E-state index in [4.69, 9.17) is 4.74 Å². The Morgan fingerprint density at radius 1 is 0.972 bits per heavy atom. The van der Waals surface area contributed by atoms with Crippen LogP contribution >= 0.6 is 0 Å². The highest BCUT2D eigenvalue weighted by molar-refractivity contribution is 6.21. The largest absolute Gasteiger partial charge is 0.496 e. The van der Waals surface area contributed by atoms with E-state index in [1.54, 1.807) is 36.3 Å². The maximum absolute atomic E-state index is 13.8. The van der Waals surface area contributed by atoms with Gasteiger partial charge in [0.25, 0.3) is 11.8 Å². The molecule has 1 aliphatic carbocycles. The molecule has 0 saturated heterocycles. The van der Waals surface area contributed by atoms with E-state index in [0.717, 1.165) is 29.7 Å². The molecule has 3 atom stereocenters. The van der Waals surface area contributed by atoms with Gasteiger partial charge in [-0.2, -0.15) is 0 Å². The normalized spacial score (nSPS) is 23.3. The molecular formula is C28H30N2O6. The minimum atomic E-state index is -0.922. The number of fused-ring (bicyclic) bond motifs is 2. The van der Waals surface area contributed by atoms with Gasteiger partial charge in [0.2, 0.25) is 5.91 Å². The number of hydrogen-bond donors (Lipinski definition) is 1. The first-order valence-corrected chi connectivity index (χ1v) is 12.6. The third-order valence-corrected chi connectivity index (χ3v) is 7.91. The van der Waals surface area contributed by atoms with Gasteiger partial charge in [-0.3, -0.25) is 24.1 Å². The Balaban J connectivity index is 1.45. The molecule has 3 amide bonds. The molecule has 2 aromatic carbocycles. The molecule has 2 aliphatic heterocycles. The number of rotatable bonds is 6. The maximum atomic E-state index is 13.8. The summed E-state index contributed by atoms with van der Waals surface area (Å²) in [5, 5.41) is 9.77. The predicted octanol–water partition coefficient (Wildman–Crippen LogP) is 3.70. The molecule has 0 radical (unpaired) electrons. The number of aliphatic carboxylic acids is 1. The second-order valence-corrected chi connectivity index (χ2v) is 9.76. The van der Waals surface area contributed by atoms with Crippen LogP contribution in [0.25, 0.3) is 0 Å². The van der Waals surface area contributed by atoms with Crippen LogP contribution in [-0.4, -0.2) is 58.8 Å². The van der Waals surface area contributed by atoms with Gasteiger partial charge in [0.15, 0.2) is 0 Å². The van der Waals surface area contributed by atoms with Crippen molar-refractivity contribution in [2.45, 2.75) is 44.6 Å². The van der Waals surface area contributed by atoms with E-state index in [9.17, 15) is 24.3 Å². The first-order chi connectivity index (χ1) is 17.4. The minimum Gasteiger partial charge on any atom is -0.496 e. The van der Waals surface area contributed by atoms with Crippen molar-refractivity contribution in [3.05, 3.63) is 64.7 Å². The van der Waals surface area contributed by atoms with E-state index >= 15 is 0 Å². The maximum Gasteiger partial charge on any atom is 0.307 e. The quantitative estimate of drug-likeness (QED) is 0.620. The monoisotopic (exact) mass is 490 g/mol. The highest BCUT2D eigenvalue weighted by atomic mass is 16.5. The number of nitrogens with zero attached hydrogens (tertiary/aromatic N) is 2. The van der Waals surface area contributed by atoms with Gasteiger partial charge >= 0.3 is 5.97 Å². The first kappa shape index (κ1) is 24.0. The lowest BCUT2D eigenvalue weighted by Gasteiger charge is -2.41. The van der Waals surface area contributed by atoms with Crippen molar-refractivity contribution in [3.8, 4) is 5.75 Å². The lowest BCUT2D eigenvalue weighted by molar-refractivity contribution is -0.153. The van der Waals surface area contributed by atoms with Crippen LogP contribution in [0, 0.1) is 11.8 Å². The van der Waals surface area contributed by atoms with Gasteiger partial charge in [-0.25, -0.2) is 0 Å². The Morgan fingerprint density at radius 2 is 1.64 bits per heavy atom. The zero-order valence-electron chi connectivity index (χ0n) is 20.3. The molecule has 188 valence electrons. The molecule has 8 nitrogen and oxygen atoms in total. The van der Waals surface area contributed by atoms with Crippen LogP contribution in [0.1, 0.15) is 70.0 Å². The molecule has 1 fully saturated rings. The average Bonchev–Trinajstić information content (AvgIpc) is 3.15. The molecular weight excluding hydrogens is 460 g/mol. The van der Waals surface area contributed by atoms with Crippen LogP contribution in [0.2, 0.25) is 0 Å². The topological polar surface area (TPSA) is 104 Å². The van der Waals surface area contributed by atoms with Gasteiger partial charge in [0, 0.05) is 18.7 Å². The van der Waals surface area contributed by atoms with Gasteiger partial charge in [-0.05, 0) is 49.4 Å². The van der Waals surface area contributed by atoms with Crippen molar-refractivity contribution in [1.29, 1.82) is 0 Å². The lowest BCUT2D eigenvalue weighted by Crippen LogP contribution is -2.47. The second-order valence-electron chi connectivity index (χ2n) is 9.76. The third kappa shape index (κ3) is 4.04. The predicted molar refractivity (Wildman–Crippen MR) is 131 cm³/mol. The summed E-state index contributed by atoms with van der Waals surface area (Å²) >= 11 is 0. The smallest absolute Gasteiger partial charge is 0.307 e. The third-order valence-electron chi connectivity index (χ3n) is 7.91. The van der Waals surface area contributed by atoms with Crippen LogP contribution in [0.3, 0.4) is 0 Å². The Bertz CT molecular complexity index is 1190. The van der Waals surface area contributed by atoms with Crippen molar-refractivity contribution >= 4 is 23.7 Å². The van der Waals surface area contributed by atoms with Gasteiger partial charge in [-0.15, -0.1) is 0 Å². The summed E-state index contributed by atoms with van der Waals surface area (Å²) in [6.45, 7) is 0.590. The van der Waals surface area contributed by atoms with Crippen LogP contribution < -0.4 is 4.74 Å². The van der Waals surface area contributed by atoms with Gasteiger partial charge in [0.05, 0.1) is 36.1 Å². The van der Waals surface area contributed by atoms with Crippen molar-refractivity contribution in [2.75, 3.05) is 20.2 Å². The molecule has 0 bridgehead atoms. The van der Waals surface area contributed by atoms with E-state index in [-0.39, 0.29) is 24.3 Å². The molecule has 2 aromatic rings. The fourth-order valence-electron chi connectivity index (χ4n) is 6.11. The number of carboxylic acids is 1. The molecule has 5 rings (SSSR count). The standard InChI is InChI=1S/C28H30N2O6/c1-36-24-12-6-11-17-18(24)13-15-29(25(31)21-9-4-5-10-22(21)28(34)35)23(17)14-16-30-26(32)19-7-2-3-8-20(19)27(30)33/h2-3,6-8,11-12,21-23H,4-5,9-10,13-16H2,1H3,(H,34,35)/t21-,22+,23-/m1/s1. The number of amides is 3. The van der Waals surface area contributed by atoms with E-state index in [0.29, 0.717) is 43.4 Å². The van der Waals surface area contributed by atoms with Crippen molar-refractivity contribution in [3.63, 3.8) is 0 Å². The SMILES string of the molecule is COc1cccc2c1CCN(C(=O)[C@@H]1CCCC[C@@H]1C(=O)O)[C@@H]2CCN1C(=O)c2ccccc2C1=O. The van der Waals surface area contributed by atoms with E-state index in [2.05, 4.69) is 0 Å². The Kier molecular flexibility index (Phi) is 6.51. The Morgan fingerprint density at radius 3 is 2.28 bits per heavy atom. The molecule has 36 heavy (non-hydrogen) atoms. The Hall–Kier alpha value is -3.68. The number of carbonyl (C=O) groups is 4. The van der Waals surface area contributed by atoms with Crippen molar-refractivity contribution < 1.29 is 29.0 Å². The highest BCUT2D eigenvalue weighted by Gasteiger charge is 2.42. The number of carbonyl (C=O) groups excluding carboxylic acids is 3. The van der Waals surface area contributed by atoms with Gasteiger partial charge < -0.3 is 14.7 Å². The summed E-state index contributed by atoms with van der Waals surface area (Å²) in [7, 11) is 1.61. The summed E-state index contributed by atoms with van der Waals surface area (Å²) in [5.74, 6) is -2.23. The number of carboxylic acid groups (broad SMARTS) is 1.